The molecule has 1 aromatic rings. The highest BCUT2D eigenvalue weighted by molar-refractivity contribution is 5.90. The van der Waals surface area contributed by atoms with Crippen LogP contribution in [0.5, 0.6) is 5.88 Å². The summed E-state index contributed by atoms with van der Waals surface area (Å²) < 4.78 is 5.34. The van der Waals surface area contributed by atoms with E-state index in [0.717, 1.165) is 12.2 Å². The SMILES string of the molecule is CC(=O)c1ncc2c(n1)OCCN2C. The van der Waals surface area contributed by atoms with Crippen molar-refractivity contribution in [2.45, 2.75) is 6.92 Å². The summed E-state index contributed by atoms with van der Waals surface area (Å²) in [4.78, 5) is 21.0. The Morgan fingerprint density at radius 1 is 1.64 bits per heavy atom. The number of aromatic nitrogens is 2. The summed E-state index contributed by atoms with van der Waals surface area (Å²) in [6.45, 7) is 2.85. The monoisotopic (exact) mass is 193 g/mol. The zero-order valence-electron chi connectivity index (χ0n) is 8.15. The highest BCUT2D eigenvalue weighted by Crippen LogP contribution is 2.26. The molecule has 0 bridgehead atoms. The van der Waals surface area contributed by atoms with Crippen LogP contribution in [0.2, 0.25) is 0 Å². The molecule has 0 saturated carbocycles. The van der Waals surface area contributed by atoms with Crippen LogP contribution in [0.3, 0.4) is 0 Å². The number of ether oxygens (including phenoxy) is 1. The summed E-state index contributed by atoms with van der Waals surface area (Å²) in [6.07, 6.45) is 1.62. The fourth-order valence-electron chi connectivity index (χ4n) is 1.30. The van der Waals surface area contributed by atoms with E-state index in [1.54, 1.807) is 6.20 Å². The summed E-state index contributed by atoms with van der Waals surface area (Å²) in [7, 11) is 1.94. The number of rotatable bonds is 1. The molecule has 0 amide bonds. The first kappa shape index (κ1) is 8.93. The standard InChI is InChI=1S/C9H11N3O2/c1-6(13)8-10-5-7-9(11-8)14-4-3-12(7)2/h5H,3-4H2,1-2H3. The second-order valence-electron chi connectivity index (χ2n) is 3.21. The van der Waals surface area contributed by atoms with Gasteiger partial charge in [0.1, 0.15) is 12.3 Å². The van der Waals surface area contributed by atoms with Crippen molar-refractivity contribution in [3.63, 3.8) is 0 Å². The maximum atomic E-state index is 11.0. The molecule has 5 heteroatoms. The molecule has 1 aromatic heterocycles. The predicted molar refractivity (Wildman–Crippen MR) is 50.8 cm³/mol. The first-order valence-electron chi connectivity index (χ1n) is 4.40. The van der Waals surface area contributed by atoms with Crippen LogP contribution in [0.1, 0.15) is 17.5 Å². The molecule has 0 saturated heterocycles. The minimum absolute atomic E-state index is 0.148. The minimum Gasteiger partial charge on any atom is -0.474 e. The van der Waals surface area contributed by atoms with Gasteiger partial charge in [-0.25, -0.2) is 4.98 Å². The normalized spacial score (nSPS) is 14.6. The van der Waals surface area contributed by atoms with Crippen LogP contribution in [0.25, 0.3) is 0 Å². The van der Waals surface area contributed by atoms with Crippen molar-refractivity contribution in [3.05, 3.63) is 12.0 Å². The fourth-order valence-corrected chi connectivity index (χ4v) is 1.30. The van der Waals surface area contributed by atoms with Crippen molar-refractivity contribution < 1.29 is 9.53 Å². The van der Waals surface area contributed by atoms with Crippen molar-refractivity contribution in [1.82, 2.24) is 9.97 Å². The Hall–Kier alpha value is -1.65. The van der Waals surface area contributed by atoms with Gasteiger partial charge < -0.3 is 9.64 Å². The number of carbonyl (C=O) groups is 1. The molecule has 5 nitrogen and oxygen atoms in total. The summed E-state index contributed by atoms with van der Waals surface area (Å²) in [6, 6.07) is 0. The lowest BCUT2D eigenvalue weighted by atomic mass is 10.3. The van der Waals surface area contributed by atoms with Crippen molar-refractivity contribution in [2.24, 2.45) is 0 Å². The average Bonchev–Trinajstić information content (AvgIpc) is 2.17. The molecule has 14 heavy (non-hydrogen) atoms. The fraction of sp³-hybridized carbons (Fsp3) is 0.444. The van der Waals surface area contributed by atoms with Gasteiger partial charge in [-0.05, 0) is 0 Å². The topological polar surface area (TPSA) is 55.3 Å². The van der Waals surface area contributed by atoms with E-state index in [4.69, 9.17) is 4.74 Å². The van der Waals surface area contributed by atoms with E-state index in [1.165, 1.54) is 6.92 Å². The molecular weight excluding hydrogens is 182 g/mol. The van der Waals surface area contributed by atoms with E-state index in [-0.39, 0.29) is 11.6 Å². The average molecular weight is 193 g/mol. The Morgan fingerprint density at radius 3 is 3.14 bits per heavy atom. The van der Waals surface area contributed by atoms with Crippen LogP contribution in [0.4, 0.5) is 5.69 Å². The predicted octanol–water partition coefficient (Wildman–Crippen LogP) is 0.508. The maximum Gasteiger partial charge on any atom is 0.241 e. The van der Waals surface area contributed by atoms with Crippen molar-refractivity contribution in [3.8, 4) is 5.88 Å². The van der Waals surface area contributed by atoms with Gasteiger partial charge in [-0.2, -0.15) is 4.98 Å². The number of Topliss-reactive ketones (excluding diaryl/α,β-unsaturated/α-hetero) is 1. The number of anilines is 1. The molecule has 0 spiro atoms. The maximum absolute atomic E-state index is 11.0. The van der Waals surface area contributed by atoms with Gasteiger partial charge in [-0.1, -0.05) is 0 Å². The molecule has 0 atom stereocenters. The molecule has 0 N–H and O–H groups in total. The second kappa shape index (κ2) is 3.25. The third kappa shape index (κ3) is 1.41. The molecule has 74 valence electrons. The van der Waals surface area contributed by atoms with Crippen molar-refractivity contribution >= 4 is 11.5 Å². The van der Waals surface area contributed by atoms with E-state index in [9.17, 15) is 4.79 Å². The third-order valence-corrected chi connectivity index (χ3v) is 2.13. The molecule has 0 fully saturated rings. The Balaban J connectivity index is 2.44. The van der Waals surface area contributed by atoms with Gasteiger partial charge in [0.05, 0.1) is 12.7 Å². The number of carbonyl (C=O) groups excluding carboxylic acids is 1. The van der Waals surface area contributed by atoms with Gasteiger partial charge in [0.15, 0.2) is 11.6 Å². The highest BCUT2D eigenvalue weighted by Gasteiger charge is 2.18. The lowest BCUT2D eigenvalue weighted by Gasteiger charge is -2.25. The van der Waals surface area contributed by atoms with Gasteiger partial charge in [0.2, 0.25) is 5.88 Å². The summed E-state index contributed by atoms with van der Waals surface area (Å²) >= 11 is 0. The van der Waals surface area contributed by atoms with Crippen LogP contribution in [0.15, 0.2) is 6.20 Å². The highest BCUT2D eigenvalue weighted by atomic mass is 16.5. The van der Waals surface area contributed by atoms with Crippen LogP contribution < -0.4 is 9.64 Å². The van der Waals surface area contributed by atoms with E-state index in [1.807, 2.05) is 11.9 Å². The Morgan fingerprint density at radius 2 is 2.43 bits per heavy atom. The summed E-state index contributed by atoms with van der Waals surface area (Å²) in [5.41, 5.74) is 0.834. The van der Waals surface area contributed by atoms with Crippen LogP contribution in [0, 0.1) is 0 Å². The largest absolute Gasteiger partial charge is 0.474 e. The quantitative estimate of drug-likeness (QED) is 0.608. The smallest absolute Gasteiger partial charge is 0.241 e. The first-order valence-corrected chi connectivity index (χ1v) is 4.40. The van der Waals surface area contributed by atoms with Gasteiger partial charge >= 0.3 is 0 Å². The molecule has 0 radical (unpaired) electrons. The zero-order valence-corrected chi connectivity index (χ0v) is 8.15. The van der Waals surface area contributed by atoms with Crippen LogP contribution >= 0.6 is 0 Å². The Kier molecular flexibility index (Phi) is 2.07. The number of nitrogens with zero attached hydrogens (tertiary/aromatic N) is 3. The molecule has 2 rings (SSSR count). The lowest BCUT2D eigenvalue weighted by Crippen LogP contribution is -2.29. The first-order chi connectivity index (χ1) is 6.68. The number of hydrogen-bond donors (Lipinski definition) is 0. The summed E-state index contributed by atoms with van der Waals surface area (Å²) in [5, 5.41) is 0. The molecular formula is C9H11N3O2. The lowest BCUT2D eigenvalue weighted by molar-refractivity contribution is 0.100. The van der Waals surface area contributed by atoms with Crippen LogP contribution in [-0.4, -0.2) is 36.0 Å². The van der Waals surface area contributed by atoms with Crippen LogP contribution in [-0.2, 0) is 0 Å². The number of likely N-dealkylation sites (N-methyl/N-ethyl adjacent to an activating group) is 1. The van der Waals surface area contributed by atoms with Gasteiger partial charge in [-0.3, -0.25) is 4.79 Å². The second-order valence-corrected chi connectivity index (χ2v) is 3.21. The summed E-state index contributed by atoms with van der Waals surface area (Å²) in [5.74, 6) is 0.558. The van der Waals surface area contributed by atoms with E-state index in [0.29, 0.717) is 12.5 Å². The Labute approximate surface area is 81.7 Å². The molecule has 0 aromatic carbocycles. The van der Waals surface area contributed by atoms with Gasteiger partial charge in [-0.15, -0.1) is 0 Å². The van der Waals surface area contributed by atoms with Crippen molar-refractivity contribution in [1.29, 1.82) is 0 Å². The molecule has 1 aliphatic heterocycles. The zero-order chi connectivity index (χ0) is 10.1. The van der Waals surface area contributed by atoms with Gasteiger partial charge in [0, 0.05) is 14.0 Å². The molecule has 0 aliphatic carbocycles. The van der Waals surface area contributed by atoms with E-state index in [2.05, 4.69) is 9.97 Å². The Bertz CT molecular complexity index is 378. The van der Waals surface area contributed by atoms with E-state index >= 15 is 0 Å². The minimum atomic E-state index is -0.148. The van der Waals surface area contributed by atoms with E-state index < -0.39 is 0 Å². The molecule has 1 aliphatic rings. The number of fused-ring (bicyclic) bond motifs is 1. The van der Waals surface area contributed by atoms with Gasteiger partial charge in [0.25, 0.3) is 0 Å². The van der Waals surface area contributed by atoms with Crippen molar-refractivity contribution in [2.75, 3.05) is 25.1 Å². The number of hydrogen-bond acceptors (Lipinski definition) is 5. The molecule has 0 unspecified atom stereocenters. The molecule has 2 heterocycles. The third-order valence-electron chi connectivity index (χ3n) is 2.13. The number of ketones is 1.